The summed E-state index contributed by atoms with van der Waals surface area (Å²) in [4.78, 5) is 4.86. The first-order chi connectivity index (χ1) is 12.0. The van der Waals surface area contributed by atoms with Crippen molar-refractivity contribution in [1.82, 2.24) is 4.68 Å². The van der Waals surface area contributed by atoms with Crippen molar-refractivity contribution in [2.24, 2.45) is 10.1 Å². The molecule has 8 heteroatoms. The highest BCUT2D eigenvalue weighted by Gasteiger charge is 2.11. The molecule has 0 aliphatic carbocycles. The second kappa shape index (κ2) is 7.31. The number of phenols is 2. The van der Waals surface area contributed by atoms with Crippen LogP contribution in [0.5, 0.6) is 11.5 Å². The summed E-state index contributed by atoms with van der Waals surface area (Å²) in [6.07, 6.45) is 1.48. The third-order valence-corrected chi connectivity index (χ3v) is 4.88. The third-order valence-electron chi connectivity index (χ3n) is 3.41. The SMILES string of the molecule is CN=c1scc(-c2cc(Cl)ccc2Cl)n1N=Cc1ccc(O)cc1O. The molecule has 0 atom stereocenters. The molecular formula is C17H13Cl2N3O2S. The van der Waals surface area contributed by atoms with Gasteiger partial charge in [-0.1, -0.05) is 23.2 Å². The molecule has 3 rings (SSSR count). The average Bonchev–Trinajstić information content (AvgIpc) is 2.99. The second-order valence-electron chi connectivity index (χ2n) is 5.05. The van der Waals surface area contributed by atoms with Crippen LogP contribution in [0.3, 0.4) is 0 Å². The molecule has 0 aliphatic rings. The molecule has 1 aromatic heterocycles. The van der Waals surface area contributed by atoms with E-state index in [0.717, 1.165) is 11.3 Å². The Bertz CT molecular complexity index is 1020. The van der Waals surface area contributed by atoms with Crippen molar-refractivity contribution >= 4 is 40.8 Å². The quantitative estimate of drug-likeness (QED) is 0.649. The zero-order valence-electron chi connectivity index (χ0n) is 13.0. The molecule has 128 valence electrons. The van der Waals surface area contributed by atoms with E-state index < -0.39 is 0 Å². The average molecular weight is 394 g/mol. The Morgan fingerprint density at radius 2 is 1.92 bits per heavy atom. The zero-order chi connectivity index (χ0) is 18.0. The van der Waals surface area contributed by atoms with Gasteiger partial charge in [-0.2, -0.15) is 5.10 Å². The van der Waals surface area contributed by atoms with E-state index in [0.29, 0.717) is 20.4 Å². The molecule has 1 heterocycles. The number of rotatable bonds is 3. The highest BCUT2D eigenvalue weighted by atomic mass is 35.5. The standard InChI is InChI=1S/C17H13Cl2N3O2S/c1-20-17-22(21-8-10-2-4-12(23)7-16(10)24)15(9-25-17)13-6-11(18)3-5-14(13)19/h2-9,23-24H,1H3. The Morgan fingerprint density at radius 1 is 1.12 bits per heavy atom. The summed E-state index contributed by atoms with van der Waals surface area (Å²) in [6, 6.07) is 9.48. The minimum atomic E-state index is -0.0723. The fourth-order valence-electron chi connectivity index (χ4n) is 2.20. The van der Waals surface area contributed by atoms with Gasteiger partial charge in [0, 0.05) is 34.6 Å². The van der Waals surface area contributed by atoms with Gasteiger partial charge in [0.1, 0.15) is 11.5 Å². The maximum absolute atomic E-state index is 9.89. The summed E-state index contributed by atoms with van der Waals surface area (Å²) in [6.45, 7) is 0. The van der Waals surface area contributed by atoms with Gasteiger partial charge in [0.15, 0.2) is 0 Å². The Morgan fingerprint density at radius 3 is 2.64 bits per heavy atom. The molecule has 0 amide bonds. The molecule has 0 spiro atoms. The lowest BCUT2D eigenvalue weighted by Gasteiger charge is -2.06. The molecule has 5 nitrogen and oxygen atoms in total. The zero-order valence-corrected chi connectivity index (χ0v) is 15.3. The molecule has 2 N–H and O–H groups in total. The topological polar surface area (TPSA) is 70.1 Å². The number of phenolic OH excluding ortho intramolecular Hbond substituents is 2. The predicted molar refractivity (Wildman–Crippen MR) is 102 cm³/mol. The highest BCUT2D eigenvalue weighted by Crippen LogP contribution is 2.31. The molecule has 25 heavy (non-hydrogen) atoms. The maximum atomic E-state index is 9.89. The third kappa shape index (κ3) is 3.71. The van der Waals surface area contributed by atoms with E-state index >= 15 is 0 Å². The van der Waals surface area contributed by atoms with Crippen LogP contribution < -0.4 is 4.80 Å². The summed E-state index contributed by atoms with van der Waals surface area (Å²) in [5.41, 5.74) is 1.92. The molecule has 0 bridgehead atoms. The molecule has 0 aliphatic heterocycles. The number of benzene rings is 2. The van der Waals surface area contributed by atoms with Gasteiger partial charge in [0.25, 0.3) is 0 Å². The van der Waals surface area contributed by atoms with Gasteiger partial charge < -0.3 is 10.2 Å². The summed E-state index contributed by atoms with van der Waals surface area (Å²) >= 11 is 13.8. The van der Waals surface area contributed by atoms with Crippen LogP contribution in [0, 0.1) is 0 Å². The predicted octanol–water partition coefficient (Wildman–Crippen LogP) is 4.35. The normalized spacial score (nSPS) is 12.2. The number of nitrogens with zero attached hydrogens (tertiary/aromatic N) is 3. The monoisotopic (exact) mass is 393 g/mol. The van der Waals surface area contributed by atoms with E-state index in [1.807, 2.05) is 5.38 Å². The molecule has 0 fully saturated rings. The van der Waals surface area contributed by atoms with E-state index in [-0.39, 0.29) is 11.5 Å². The van der Waals surface area contributed by atoms with Gasteiger partial charge in [-0.15, -0.1) is 11.3 Å². The molecule has 0 radical (unpaired) electrons. The van der Waals surface area contributed by atoms with E-state index in [1.54, 1.807) is 36.0 Å². The van der Waals surface area contributed by atoms with Gasteiger partial charge in [-0.3, -0.25) is 4.99 Å². The number of hydrogen-bond acceptors (Lipinski definition) is 5. The van der Waals surface area contributed by atoms with E-state index in [2.05, 4.69) is 10.1 Å². The van der Waals surface area contributed by atoms with Crippen molar-refractivity contribution in [3.63, 3.8) is 0 Å². The summed E-state index contributed by atoms with van der Waals surface area (Å²) in [7, 11) is 1.67. The van der Waals surface area contributed by atoms with Crippen LogP contribution >= 0.6 is 34.5 Å². The van der Waals surface area contributed by atoms with Crippen LogP contribution in [0.2, 0.25) is 10.0 Å². The van der Waals surface area contributed by atoms with Gasteiger partial charge in [0.05, 0.1) is 16.9 Å². The van der Waals surface area contributed by atoms with Crippen molar-refractivity contribution in [1.29, 1.82) is 0 Å². The van der Waals surface area contributed by atoms with Crippen molar-refractivity contribution in [3.8, 4) is 22.8 Å². The minimum Gasteiger partial charge on any atom is -0.508 e. The largest absolute Gasteiger partial charge is 0.508 e. The first kappa shape index (κ1) is 17.5. The number of thiazole rings is 1. The van der Waals surface area contributed by atoms with Crippen LogP contribution in [0.4, 0.5) is 0 Å². The number of aromatic nitrogens is 1. The lowest BCUT2D eigenvalue weighted by Crippen LogP contribution is -2.11. The second-order valence-corrected chi connectivity index (χ2v) is 6.73. The molecule has 0 saturated carbocycles. The molecule has 2 aromatic carbocycles. The first-order valence-corrected chi connectivity index (χ1v) is 8.78. The lowest BCUT2D eigenvalue weighted by molar-refractivity contribution is 0.450. The van der Waals surface area contributed by atoms with Crippen molar-refractivity contribution in [3.05, 3.63) is 62.2 Å². The highest BCUT2D eigenvalue weighted by molar-refractivity contribution is 7.07. The molecule has 0 unspecified atom stereocenters. The molecular weight excluding hydrogens is 381 g/mol. The van der Waals surface area contributed by atoms with Crippen LogP contribution in [-0.2, 0) is 0 Å². The van der Waals surface area contributed by atoms with E-state index in [9.17, 15) is 10.2 Å². The fraction of sp³-hybridized carbons (Fsp3) is 0.0588. The number of aromatic hydroxyl groups is 2. The van der Waals surface area contributed by atoms with Gasteiger partial charge >= 0.3 is 0 Å². The Labute approximate surface area is 157 Å². The summed E-state index contributed by atoms with van der Waals surface area (Å²) in [5, 5.41) is 26.7. The smallest absolute Gasteiger partial charge is 0.205 e. The molecule has 3 aromatic rings. The van der Waals surface area contributed by atoms with Crippen molar-refractivity contribution in [2.75, 3.05) is 7.05 Å². The van der Waals surface area contributed by atoms with Crippen LogP contribution in [0.1, 0.15) is 5.56 Å². The Hall–Kier alpha value is -2.28. The maximum Gasteiger partial charge on any atom is 0.205 e. The van der Waals surface area contributed by atoms with E-state index in [4.69, 9.17) is 23.2 Å². The summed E-state index contributed by atoms with van der Waals surface area (Å²) in [5.74, 6) is -0.0922. The molecule has 0 saturated heterocycles. The van der Waals surface area contributed by atoms with Crippen LogP contribution in [0.15, 0.2) is 51.9 Å². The summed E-state index contributed by atoms with van der Waals surface area (Å²) < 4.78 is 1.62. The van der Waals surface area contributed by atoms with Gasteiger partial charge in [-0.05, 0) is 30.3 Å². The van der Waals surface area contributed by atoms with E-state index in [1.165, 1.54) is 29.7 Å². The first-order valence-electron chi connectivity index (χ1n) is 7.14. The number of halogens is 2. The fourth-order valence-corrected chi connectivity index (χ4v) is 3.38. The Balaban J connectivity index is 2.11. The van der Waals surface area contributed by atoms with Gasteiger partial charge in [-0.25, -0.2) is 4.68 Å². The number of hydrogen-bond donors (Lipinski definition) is 2. The lowest BCUT2D eigenvalue weighted by atomic mass is 10.2. The van der Waals surface area contributed by atoms with Crippen LogP contribution in [-0.4, -0.2) is 28.2 Å². The van der Waals surface area contributed by atoms with Crippen molar-refractivity contribution < 1.29 is 10.2 Å². The van der Waals surface area contributed by atoms with Crippen LogP contribution in [0.25, 0.3) is 11.3 Å². The van der Waals surface area contributed by atoms with Crippen molar-refractivity contribution in [2.45, 2.75) is 0 Å². The minimum absolute atomic E-state index is 0.0199. The Kier molecular flexibility index (Phi) is 5.13. The van der Waals surface area contributed by atoms with Gasteiger partial charge in [0.2, 0.25) is 4.80 Å².